The Hall–Kier alpha value is -1.83. The standard InChI is InChI=1S/C11H17N5O2S/c1-7-11(9(3)16(5)13-7)19(17,18)14-10-6-12-15(4)8(10)2/h6,14H,1-5H3. The Morgan fingerprint density at radius 2 is 1.74 bits per heavy atom. The molecule has 104 valence electrons. The predicted octanol–water partition coefficient (Wildman–Crippen LogP) is 0.880. The van der Waals surface area contributed by atoms with Crippen molar-refractivity contribution in [2.75, 3.05) is 4.72 Å². The van der Waals surface area contributed by atoms with E-state index in [1.165, 1.54) is 6.20 Å². The van der Waals surface area contributed by atoms with E-state index in [0.717, 1.165) is 5.69 Å². The van der Waals surface area contributed by atoms with Crippen molar-refractivity contribution in [2.24, 2.45) is 14.1 Å². The molecule has 2 aromatic heterocycles. The van der Waals surface area contributed by atoms with Gasteiger partial charge in [0.15, 0.2) is 0 Å². The number of aryl methyl sites for hydroxylation is 3. The first-order chi connectivity index (χ1) is 8.74. The van der Waals surface area contributed by atoms with Gasteiger partial charge in [-0.1, -0.05) is 0 Å². The van der Waals surface area contributed by atoms with Crippen LogP contribution in [0.25, 0.3) is 0 Å². The number of rotatable bonds is 3. The largest absolute Gasteiger partial charge is 0.276 e. The van der Waals surface area contributed by atoms with E-state index >= 15 is 0 Å². The van der Waals surface area contributed by atoms with E-state index in [1.54, 1.807) is 44.2 Å². The topological polar surface area (TPSA) is 81.8 Å². The highest BCUT2D eigenvalue weighted by Gasteiger charge is 2.24. The lowest BCUT2D eigenvalue weighted by Gasteiger charge is -2.07. The highest BCUT2D eigenvalue weighted by atomic mass is 32.2. The van der Waals surface area contributed by atoms with Gasteiger partial charge in [0.2, 0.25) is 0 Å². The van der Waals surface area contributed by atoms with E-state index in [4.69, 9.17) is 0 Å². The maximum atomic E-state index is 12.4. The molecule has 2 aromatic rings. The van der Waals surface area contributed by atoms with Gasteiger partial charge < -0.3 is 0 Å². The number of anilines is 1. The van der Waals surface area contributed by atoms with Crippen molar-refractivity contribution in [2.45, 2.75) is 25.7 Å². The summed E-state index contributed by atoms with van der Waals surface area (Å²) >= 11 is 0. The molecule has 0 amide bonds. The first-order valence-corrected chi connectivity index (χ1v) is 7.24. The summed E-state index contributed by atoms with van der Waals surface area (Å²) in [6.07, 6.45) is 1.49. The first-order valence-electron chi connectivity index (χ1n) is 5.75. The van der Waals surface area contributed by atoms with Crippen LogP contribution in [0.15, 0.2) is 11.1 Å². The second kappa shape index (κ2) is 4.37. The zero-order chi connectivity index (χ0) is 14.4. The fraction of sp³-hybridized carbons (Fsp3) is 0.455. The minimum atomic E-state index is -3.65. The summed E-state index contributed by atoms with van der Waals surface area (Å²) in [7, 11) is -0.173. The molecular formula is C11H17N5O2S. The molecular weight excluding hydrogens is 266 g/mol. The molecule has 0 saturated heterocycles. The van der Waals surface area contributed by atoms with Gasteiger partial charge in [0.1, 0.15) is 4.90 Å². The second-order valence-corrected chi connectivity index (χ2v) is 6.12. The molecule has 0 unspecified atom stereocenters. The maximum Gasteiger partial charge on any atom is 0.265 e. The van der Waals surface area contributed by atoms with Crippen LogP contribution in [0.1, 0.15) is 17.1 Å². The van der Waals surface area contributed by atoms with Crippen LogP contribution in [-0.4, -0.2) is 28.0 Å². The van der Waals surface area contributed by atoms with E-state index in [9.17, 15) is 8.42 Å². The second-order valence-electron chi connectivity index (χ2n) is 4.50. The Morgan fingerprint density at radius 1 is 1.11 bits per heavy atom. The Bertz CT molecular complexity index is 727. The summed E-state index contributed by atoms with van der Waals surface area (Å²) in [5.74, 6) is 0. The Kier molecular flexibility index (Phi) is 3.13. The molecule has 19 heavy (non-hydrogen) atoms. The highest BCUT2D eigenvalue weighted by molar-refractivity contribution is 7.92. The molecule has 0 aliphatic carbocycles. The lowest BCUT2D eigenvalue weighted by Crippen LogP contribution is -2.15. The molecule has 0 aliphatic heterocycles. The van der Waals surface area contributed by atoms with Gasteiger partial charge >= 0.3 is 0 Å². The third-order valence-corrected chi connectivity index (χ3v) is 4.81. The van der Waals surface area contributed by atoms with Gasteiger partial charge in [-0.15, -0.1) is 0 Å². The van der Waals surface area contributed by atoms with Crippen molar-refractivity contribution in [1.29, 1.82) is 0 Å². The molecule has 8 heteroatoms. The molecule has 1 N–H and O–H groups in total. The van der Waals surface area contributed by atoms with Crippen LogP contribution in [0.2, 0.25) is 0 Å². The van der Waals surface area contributed by atoms with Gasteiger partial charge in [0.05, 0.1) is 29.0 Å². The van der Waals surface area contributed by atoms with Gasteiger partial charge in [-0.3, -0.25) is 14.1 Å². The van der Waals surface area contributed by atoms with Crippen molar-refractivity contribution in [1.82, 2.24) is 19.6 Å². The number of nitrogens with zero attached hydrogens (tertiary/aromatic N) is 4. The summed E-state index contributed by atoms with van der Waals surface area (Å²) in [5.41, 5.74) is 2.31. The molecule has 2 heterocycles. The Labute approximate surface area is 112 Å². The van der Waals surface area contributed by atoms with E-state index < -0.39 is 10.0 Å². The lowest BCUT2D eigenvalue weighted by atomic mass is 10.4. The number of hydrogen-bond donors (Lipinski definition) is 1. The normalized spacial score (nSPS) is 11.8. The van der Waals surface area contributed by atoms with Crippen molar-refractivity contribution in [3.63, 3.8) is 0 Å². The average Bonchev–Trinajstić information content (AvgIpc) is 2.73. The summed E-state index contributed by atoms with van der Waals surface area (Å²) in [5, 5.41) is 8.14. The summed E-state index contributed by atoms with van der Waals surface area (Å²) in [6.45, 7) is 5.20. The van der Waals surface area contributed by atoms with Crippen molar-refractivity contribution >= 4 is 15.7 Å². The Morgan fingerprint density at radius 3 is 2.16 bits per heavy atom. The molecule has 0 spiro atoms. The monoisotopic (exact) mass is 283 g/mol. The van der Waals surface area contributed by atoms with Crippen LogP contribution in [-0.2, 0) is 24.1 Å². The van der Waals surface area contributed by atoms with Crippen LogP contribution in [0, 0.1) is 20.8 Å². The zero-order valence-electron chi connectivity index (χ0n) is 11.6. The molecule has 0 bridgehead atoms. The van der Waals surface area contributed by atoms with Gasteiger partial charge in [-0.05, 0) is 20.8 Å². The average molecular weight is 283 g/mol. The van der Waals surface area contributed by atoms with E-state index in [2.05, 4.69) is 14.9 Å². The van der Waals surface area contributed by atoms with Crippen molar-refractivity contribution in [3.8, 4) is 0 Å². The molecule has 0 atom stereocenters. The summed E-state index contributed by atoms with van der Waals surface area (Å²) < 4.78 is 30.6. The SMILES string of the molecule is Cc1nn(C)c(C)c1S(=O)(=O)Nc1cnn(C)c1C. The summed E-state index contributed by atoms with van der Waals surface area (Å²) in [4.78, 5) is 0.221. The van der Waals surface area contributed by atoms with E-state index in [0.29, 0.717) is 17.1 Å². The van der Waals surface area contributed by atoms with Gasteiger partial charge in [-0.2, -0.15) is 10.2 Å². The van der Waals surface area contributed by atoms with Crippen molar-refractivity contribution in [3.05, 3.63) is 23.3 Å². The Balaban J connectivity index is 2.47. The van der Waals surface area contributed by atoms with Crippen LogP contribution in [0.3, 0.4) is 0 Å². The minimum Gasteiger partial charge on any atom is -0.276 e. The fourth-order valence-corrected chi connectivity index (χ4v) is 3.48. The quantitative estimate of drug-likeness (QED) is 0.906. The number of aromatic nitrogens is 4. The molecule has 7 nitrogen and oxygen atoms in total. The van der Waals surface area contributed by atoms with Crippen LogP contribution in [0.4, 0.5) is 5.69 Å². The minimum absolute atomic E-state index is 0.221. The lowest BCUT2D eigenvalue weighted by molar-refractivity contribution is 0.599. The van der Waals surface area contributed by atoms with Crippen LogP contribution in [0.5, 0.6) is 0 Å². The molecule has 2 rings (SSSR count). The van der Waals surface area contributed by atoms with Crippen LogP contribution < -0.4 is 4.72 Å². The third kappa shape index (κ3) is 2.23. The fourth-order valence-electron chi connectivity index (χ4n) is 1.94. The third-order valence-electron chi connectivity index (χ3n) is 3.19. The van der Waals surface area contributed by atoms with Crippen molar-refractivity contribution < 1.29 is 8.42 Å². The van der Waals surface area contributed by atoms with Crippen LogP contribution >= 0.6 is 0 Å². The first kappa shape index (κ1) is 13.6. The number of nitrogens with one attached hydrogen (secondary N) is 1. The molecule has 0 aromatic carbocycles. The number of sulfonamides is 1. The van der Waals surface area contributed by atoms with Gasteiger partial charge in [0.25, 0.3) is 10.0 Å². The highest BCUT2D eigenvalue weighted by Crippen LogP contribution is 2.23. The molecule has 0 fully saturated rings. The molecule has 0 radical (unpaired) electrons. The summed E-state index contributed by atoms with van der Waals surface area (Å²) in [6, 6.07) is 0. The predicted molar refractivity (Wildman–Crippen MR) is 71.4 cm³/mol. The number of hydrogen-bond acceptors (Lipinski definition) is 4. The van der Waals surface area contributed by atoms with Gasteiger partial charge in [0, 0.05) is 14.1 Å². The van der Waals surface area contributed by atoms with E-state index in [-0.39, 0.29) is 4.90 Å². The smallest absolute Gasteiger partial charge is 0.265 e. The molecule has 0 saturated carbocycles. The maximum absolute atomic E-state index is 12.4. The molecule has 0 aliphatic rings. The zero-order valence-corrected chi connectivity index (χ0v) is 12.4. The van der Waals surface area contributed by atoms with E-state index in [1.807, 2.05) is 0 Å². The van der Waals surface area contributed by atoms with Gasteiger partial charge in [-0.25, -0.2) is 8.42 Å².